The summed E-state index contributed by atoms with van der Waals surface area (Å²) in [6.45, 7) is 3.88. The highest BCUT2D eigenvalue weighted by Crippen LogP contribution is 2.40. The molecule has 0 aromatic rings. The Hall–Kier alpha value is -0.0400. The Balaban J connectivity index is 1.77. The normalized spacial score (nSPS) is 44.7. The zero-order valence-electron chi connectivity index (χ0n) is 6.38. The first-order chi connectivity index (χ1) is 4.90. The van der Waals surface area contributed by atoms with E-state index in [9.17, 15) is 0 Å². The van der Waals surface area contributed by atoms with Crippen LogP contribution in [0.4, 0.5) is 0 Å². The molecule has 0 aromatic heterocycles. The Labute approximate surface area is 62.8 Å². The van der Waals surface area contributed by atoms with Gasteiger partial charge in [-0.1, -0.05) is 19.8 Å². The van der Waals surface area contributed by atoms with Crippen LogP contribution in [0.15, 0.2) is 0 Å². The van der Waals surface area contributed by atoms with Crippen LogP contribution in [0.1, 0.15) is 32.1 Å². The van der Waals surface area contributed by atoms with E-state index in [2.05, 4.69) is 6.92 Å². The summed E-state index contributed by atoms with van der Waals surface area (Å²) in [6.07, 6.45) is 7.76. The van der Waals surface area contributed by atoms with Crippen LogP contribution >= 0.6 is 0 Å². The maximum absolute atomic E-state index is 5.43. The van der Waals surface area contributed by atoms with Gasteiger partial charge in [0.15, 0.2) is 0 Å². The van der Waals surface area contributed by atoms with E-state index < -0.39 is 0 Å². The molecule has 1 nitrogen and oxygen atoms in total. The molecular weight excluding hydrogens is 124 g/mol. The second kappa shape index (κ2) is 2.54. The number of hydrogen-bond donors (Lipinski definition) is 0. The second-order valence-electron chi connectivity index (χ2n) is 3.53. The second-order valence-corrected chi connectivity index (χ2v) is 3.53. The summed E-state index contributed by atoms with van der Waals surface area (Å²) in [5.74, 6) is 0.932. The molecule has 1 radical (unpaired) electrons. The number of ether oxygens (including phenoxy) is 1. The van der Waals surface area contributed by atoms with E-state index >= 15 is 0 Å². The topological polar surface area (TPSA) is 12.5 Å². The van der Waals surface area contributed by atoms with Crippen molar-refractivity contribution >= 4 is 0 Å². The maximum atomic E-state index is 5.43. The molecule has 57 valence electrons. The van der Waals surface area contributed by atoms with Crippen LogP contribution < -0.4 is 0 Å². The number of epoxide rings is 1. The van der Waals surface area contributed by atoms with E-state index in [0.29, 0.717) is 12.2 Å². The van der Waals surface area contributed by atoms with E-state index in [1.165, 1.54) is 25.7 Å². The quantitative estimate of drug-likeness (QED) is 0.534. The van der Waals surface area contributed by atoms with Crippen molar-refractivity contribution in [2.45, 2.75) is 44.3 Å². The Bertz CT molecular complexity index is 122. The molecule has 1 saturated heterocycles. The van der Waals surface area contributed by atoms with E-state index in [-0.39, 0.29) is 0 Å². The fraction of sp³-hybridized carbons (Fsp3) is 0.889. The van der Waals surface area contributed by atoms with Crippen LogP contribution in [0.2, 0.25) is 0 Å². The highest BCUT2D eigenvalue weighted by Gasteiger charge is 2.43. The van der Waals surface area contributed by atoms with Crippen LogP contribution in [0.25, 0.3) is 0 Å². The molecule has 2 rings (SSSR count). The zero-order valence-corrected chi connectivity index (χ0v) is 6.38. The molecule has 1 heterocycles. The molecule has 3 unspecified atom stereocenters. The van der Waals surface area contributed by atoms with Gasteiger partial charge in [0.1, 0.15) is 0 Å². The highest BCUT2D eigenvalue weighted by molar-refractivity contribution is 4.91. The molecule has 0 aromatic carbocycles. The monoisotopic (exact) mass is 139 g/mol. The van der Waals surface area contributed by atoms with Crippen LogP contribution in [-0.4, -0.2) is 12.2 Å². The van der Waals surface area contributed by atoms with Crippen LogP contribution in [0, 0.1) is 12.8 Å². The average Bonchev–Trinajstić information content (AvgIpc) is 2.66. The van der Waals surface area contributed by atoms with Gasteiger partial charge in [0.25, 0.3) is 0 Å². The third-order valence-corrected chi connectivity index (χ3v) is 2.73. The van der Waals surface area contributed by atoms with Gasteiger partial charge in [-0.15, -0.1) is 0 Å². The van der Waals surface area contributed by atoms with Crippen molar-refractivity contribution in [2.24, 2.45) is 5.92 Å². The lowest BCUT2D eigenvalue weighted by Crippen LogP contribution is -2.12. The summed E-state index contributed by atoms with van der Waals surface area (Å²) in [5, 5.41) is 0. The number of fused-ring (bicyclic) bond motifs is 1. The molecule has 10 heavy (non-hydrogen) atoms. The van der Waals surface area contributed by atoms with Crippen LogP contribution in [-0.2, 0) is 4.74 Å². The summed E-state index contributed by atoms with van der Waals surface area (Å²) in [4.78, 5) is 0. The first-order valence-corrected chi connectivity index (χ1v) is 4.35. The number of hydrogen-bond acceptors (Lipinski definition) is 1. The molecule has 0 N–H and O–H groups in total. The molecule has 0 amide bonds. The smallest absolute Gasteiger partial charge is 0.0844 e. The highest BCUT2D eigenvalue weighted by atomic mass is 16.6. The molecule has 1 aliphatic heterocycles. The van der Waals surface area contributed by atoms with Crippen molar-refractivity contribution in [3.8, 4) is 0 Å². The van der Waals surface area contributed by atoms with Gasteiger partial charge in [0.2, 0.25) is 0 Å². The summed E-state index contributed by atoms with van der Waals surface area (Å²) < 4.78 is 5.43. The Morgan fingerprint density at radius 1 is 1.30 bits per heavy atom. The molecule has 2 aliphatic rings. The van der Waals surface area contributed by atoms with E-state index in [4.69, 9.17) is 4.74 Å². The fourth-order valence-corrected chi connectivity index (χ4v) is 2.04. The molecule has 0 spiro atoms. The average molecular weight is 139 g/mol. The number of rotatable bonds is 2. The van der Waals surface area contributed by atoms with Crippen molar-refractivity contribution < 1.29 is 4.74 Å². The van der Waals surface area contributed by atoms with Gasteiger partial charge in [-0.25, -0.2) is 0 Å². The summed E-state index contributed by atoms with van der Waals surface area (Å²) in [5.41, 5.74) is 0. The van der Waals surface area contributed by atoms with Crippen molar-refractivity contribution in [3.63, 3.8) is 0 Å². The van der Waals surface area contributed by atoms with E-state index in [1.807, 2.05) is 0 Å². The molecule has 2 fully saturated rings. The molecule has 1 heteroatoms. The minimum absolute atomic E-state index is 0.658. The minimum atomic E-state index is 0.658. The van der Waals surface area contributed by atoms with Crippen molar-refractivity contribution in [3.05, 3.63) is 6.92 Å². The van der Waals surface area contributed by atoms with Crippen molar-refractivity contribution in [1.29, 1.82) is 0 Å². The zero-order chi connectivity index (χ0) is 6.97. The van der Waals surface area contributed by atoms with Gasteiger partial charge >= 0.3 is 0 Å². The molecule has 1 aliphatic carbocycles. The van der Waals surface area contributed by atoms with Crippen LogP contribution in [0.5, 0.6) is 0 Å². The Morgan fingerprint density at radius 3 is 2.90 bits per heavy atom. The van der Waals surface area contributed by atoms with Crippen LogP contribution in [0.3, 0.4) is 0 Å². The Kier molecular flexibility index (Phi) is 1.69. The predicted molar refractivity (Wildman–Crippen MR) is 40.6 cm³/mol. The van der Waals surface area contributed by atoms with Gasteiger partial charge in [-0.2, -0.15) is 0 Å². The van der Waals surface area contributed by atoms with E-state index in [1.54, 1.807) is 0 Å². The standard InChI is InChI=1S/C9H15O/c1-2-3-7-4-5-8-9(6-7)10-8/h7-9H,1-6H2. The minimum Gasteiger partial charge on any atom is -0.370 e. The first kappa shape index (κ1) is 6.66. The van der Waals surface area contributed by atoms with Crippen molar-refractivity contribution in [2.75, 3.05) is 0 Å². The third-order valence-electron chi connectivity index (χ3n) is 2.73. The Morgan fingerprint density at radius 2 is 2.20 bits per heavy atom. The lowest BCUT2D eigenvalue weighted by molar-refractivity contribution is 0.352. The van der Waals surface area contributed by atoms with Gasteiger partial charge in [0.05, 0.1) is 12.2 Å². The van der Waals surface area contributed by atoms with Crippen molar-refractivity contribution in [1.82, 2.24) is 0 Å². The lowest BCUT2D eigenvalue weighted by Gasteiger charge is -2.17. The maximum Gasteiger partial charge on any atom is 0.0844 e. The van der Waals surface area contributed by atoms with Gasteiger partial charge < -0.3 is 4.74 Å². The SMILES string of the molecule is [CH2]CCC1CCC2OC2C1. The lowest BCUT2D eigenvalue weighted by atomic mass is 9.86. The molecule has 1 saturated carbocycles. The summed E-state index contributed by atoms with van der Waals surface area (Å²) in [6, 6.07) is 0. The largest absolute Gasteiger partial charge is 0.370 e. The van der Waals surface area contributed by atoms with Gasteiger partial charge in [0, 0.05) is 0 Å². The molecule has 0 bridgehead atoms. The third kappa shape index (κ3) is 1.20. The first-order valence-electron chi connectivity index (χ1n) is 4.35. The summed E-state index contributed by atoms with van der Waals surface area (Å²) >= 11 is 0. The fourth-order valence-electron chi connectivity index (χ4n) is 2.04. The predicted octanol–water partition coefficient (Wildman–Crippen LogP) is 2.17. The molecular formula is C9H15O. The van der Waals surface area contributed by atoms with Gasteiger partial charge in [-0.05, 0) is 25.2 Å². The van der Waals surface area contributed by atoms with E-state index in [0.717, 1.165) is 12.3 Å². The molecule has 3 atom stereocenters. The van der Waals surface area contributed by atoms with Gasteiger partial charge in [-0.3, -0.25) is 0 Å². The summed E-state index contributed by atoms with van der Waals surface area (Å²) in [7, 11) is 0.